The molecule has 0 aliphatic rings. The summed E-state index contributed by atoms with van der Waals surface area (Å²) in [6.45, 7) is 0. The van der Waals surface area contributed by atoms with Crippen molar-refractivity contribution in [2.45, 2.75) is 23.7 Å². The summed E-state index contributed by atoms with van der Waals surface area (Å²) >= 11 is 0. The van der Waals surface area contributed by atoms with Crippen LogP contribution in [0.1, 0.15) is 5.56 Å². The summed E-state index contributed by atoms with van der Waals surface area (Å²) in [6, 6.07) is 7.26. The normalized spacial score (nSPS) is 12.5. The molecular formula is C13H9F4KO3S. The van der Waals surface area contributed by atoms with Crippen molar-refractivity contribution in [3.05, 3.63) is 42.0 Å². The Morgan fingerprint density at radius 3 is 2.14 bits per heavy atom. The van der Waals surface area contributed by atoms with Gasteiger partial charge in [0.2, 0.25) is 0 Å². The van der Waals surface area contributed by atoms with Crippen LogP contribution in [-0.2, 0) is 16.5 Å². The third kappa shape index (κ3) is 4.28. The maximum absolute atomic E-state index is 13.2. The average molecular weight is 360 g/mol. The second-order valence-electron chi connectivity index (χ2n) is 4.46. The van der Waals surface area contributed by atoms with E-state index in [1.54, 1.807) is 0 Å². The second kappa shape index (κ2) is 7.24. The van der Waals surface area contributed by atoms with Crippen LogP contribution in [0.25, 0.3) is 10.8 Å². The molecule has 0 N–H and O–H groups in total. The van der Waals surface area contributed by atoms with Crippen molar-refractivity contribution in [2.75, 3.05) is 0 Å². The number of alkyl halides is 4. The Hall–Kier alpha value is -0.0336. The Labute approximate surface area is 166 Å². The third-order valence-corrected chi connectivity index (χ3v) is 3.88. The van der Waals surface area contributed by atoms with Gasteiger partial charge in [-0.15, -0.1) is 0 Å². The van der Waals surface area contributed by atoms with Crippen LogP contribution in [-0.4, -0.2) is 25.3 Å². The van der Waals surface area contributed by atoms with Crippen molar-refractivity contribution < 1.29 is 81.9 Å². The van der Waals surface area contributed by atoms with Gasteiger partial charge >= 0.3 is 63.7 Å². The molecule has 22 heavy (non-hydrogen) atoms. The van der Waals surface area contributed by atoms with Gasteiger partial charge in [0.05, 0.1) is 4.90 Å². The van der Waals surface area contributed by atoms with Crippen molar-refractivity contribution in [2.24, 2.45) is 0 Å². The van der Waals surface area contributed by atoms with Crippen LogP contribution in [0.4, 0.5) is 17.6 Å². The topological polar surface area (TPSA) is 57.2 Å². The fraction of sp³-hybridized carbons (Fsp3) is 0.231. The van der Waals surface area contributed by atoms with Crippen LogP contribution in [0.15, 0.2) is 41.3 Å². The van der Waals surface area contributed by atoms with E-state index in [0.29, 0.717) is 0 Å². The van der Waals surface area contributed by atoms with Crippen LogP contribution in [0.2, 0.25) is 0 Å². The number of halogens is 4. The Kier molecular flexibility index (Phi) is 6.59. The molecule has 2 aromatic rings. The van der Waals surface area contributed by atoms with E-state index in [1.807, 2.05) is 0 Å². The molecule has 9 heteroatoms. The Morgan fingerprint density at radius 2 is 1.59 bits per heavy atom. The fourth-order valence-corrected chi connectivity index (χ4v) is 2.74. The Balaban J connectivity index is 0.00000242. The van der Waals surface area contributed by atoms with E-state index in [4.69, 9.17) is 0 Å². The van der Waals surface area contributed by atoms with Crippen LogP contribution in [0, 0.1) is 0 Å². The maximum Gasteiger partial charge on any atom is 1.00 e. The van der Waals surface area contributed by atoms with Gasteiger partial charge in [-0.2, -0.15) is 8.78 Å². The van der Waals surface area contributed by atoms with E-state index in [1.165, 1.54) is 30.3 Å². The summed E-state index contributed by atoms with van der Waals surface area (Å²) < 4.78 is 84.3. The van der Waals surface area contributed by atoms with Crippen LogP contribution >= 0.6 is 0 Å². The predicted molar refractivity (Wildman–Crippen MR) is 66.6 cm³/mol. The zero-order valence-electron chi connectivity index (χ0n) is 11.4. The van der Waals surface area contributed by atoms with Crippen molar-refractivity contribution in [3.63, 3.8) is 0 Å². The van der Waals surface area contributed by atoms with Crippen LogP contribution in [0.5, 0.6) is 0 Å². The molecule has 2 rings (SSSR count). The quantitative estimate of drug-likeness (QED) is 0.444. The molecule has 0 atom stereocenters. The van der Waals surface area contributed by atoms with Crippen molar-refractivity contribution >= 4 is 20.9 Å². The monoisotopic (exact) mass is 360 g/mol. The second-order valence-corrected chi connectivity index (χ2v) is 5.81. The van der Waals surface area contributed by atoms with E-state index >= 15 is 0 Å². The Bertz CT molecular complexity index is 778. The van der Waals surface area contributed by atoms with Gasteiger partial charge in [-0.05, 0) is 22.4 Å². The summed E-state index contributed by atoms with van der Waals surface area (Å²) in [5, 5.41) is -0.0233. The molecule has 0 aromatic heterocycles. The van der Waals surface area contributed by atoms with E-state index in [9.17, 15) is 30.5 Å². The van der Waals surface area contributed by atoms with Gasteiger partial charge in [-0.3, -0.25) is 0 Å². The summed E-state index contributed by atoms with van der Waals surface area (Å²) in [5.74, 6) is -4.24. The summed E-state index contributed by atoms with van der Waals surface area (Å²) in [7, 11) is -4.79. The first-order chi connectivity index (χ1) is 9.63. The van der Waals surface area contributed by atoms with Gasteiger partial charge < -0.3 is 4.55 Å². The molecule has 0 saturated carbocycles. The first-order valence-corrected chi connectivity index (χ1v) is 7.16. The predicted octanol–water partition coefficient (Wildman–Crippen LogP) is 0.191. The van der Waals surface area contributed by atoms with Gasteiger partial charge in [-0.1, -0.05) is 30.3 Å². The minimum absolute atomic E-state index is 0. The summed E-state index contributed by atoms with van der Waals surface area (Å²) in [4.78, 5) is -0.567. The molecule has 0 radical (unpaired) electrons. The molecule has 0 unspecified atom stereocenters. The number of hydrogen-bond acceptors (Lipinski definition) is 3. The van der Waals surface area contributed by atoms with Gasteiger partial charge in [0, 0.05) is 6.42 Å². The van der Waals surface area contributed by atoms with Crippen molar-refractivity contribution in [1.29, 1.82) is 0 Å². The molecule has 0 bridgehead atoms. The zero-order valence-corrected chi connectivity index (χ0v) is 15.3. The van der Waals surface area contributed by atoms with Crippen LogP contribution in [0.3, 0.4) is 0 Å². The molecule has 0 amide bonds. The standard InChI is InChI=1S/C13H10F4O3S.K/c14-12(15)13(16,17)7-8-3-1-5-10-9(8)4-2-6-11(10)21(18,19)20;/h1-6,12H,7H2,(H,18,19,20);/q;+1/p-1. The minimum atomic E-state index is -4.79. The first kappa shape index (κ1) is 20.0. The molecule has 0 fully saturated rings. The first-order valence-electron chi connectivity index (χ1n) is 5.75. The molecular weight excluding hydrogens is 351 g/mol. The molecule has 3 nitrogen and oxygen atoms in total. The van der Waals surface area contributed by atoms with Gasteiger partial charge in [0.15, 0.2) is 0 Å². The zero-order chi connectivity index (χ0) is 15.8. The molecule has 114 valence electrons. The molecule has 0 heterocycles. The summed E-state index contributed by atoms with van der Waals surface area (Å²) in [5.41, 5.74) is -0.150. The molecule has 0 aliphatic carbocycles. The van der Waals surface area contributed by atoms with E-state index in [0.717, 1.165) is 6.07 Å². The fourth-order valence-electron chi connectivity index (χ4n) is 2.05. The molecule has 0 saturated heterocycles. The molecule has 2 aromatic carbocycles. The van der Waals surface area contributed by atoms with E-state index in [-0.39, 0.29) is 67.7 Å². The third-order valence-electron chi connectivity index (χ3n) is 2.99. The average Bonchev–Trinajstić information content (AvgIpc) is 2.36. The van der Waals surface area contributed by atoms with Gasteiger partial charge in [-0.25, -0.2) is 17.2 Å². The minimum Gasteiger partial charge on any atom is -0.744 e. The van der Waals surface area contributed by atoms with Gasteiger partial charge in [0.25, 0.3) is 0 Å². The molecule has 0 spiro atoms. The van der Waals surface area contributed by atoms with Crippen molar-refractivity contribution in [1.82, 2.24) is 0 Å². The number of hydrogen-bond donors (Lipinski definition) is 0. The Morgan fingerprint density at radius 1 is 1.05 bits per heavy atom. The van der Waals surface area contributed by atoms with E-state index < -0.39 is 33.8 Å². The maximum atomic E-state index is 13.2. The number of benzene rings is 2. The largest absolute Gasteiger partial charge is 1.00 e. The molecule has 0 aliphatic heterocycles. The van der Waals surface area contributed by atoms with Gasteiger partial charge in [0.1, 0.15) is 10.1 Å². The smallest absolute Gasteiger partial charge is 0.744 e. The number of fused-ring (bicyclic) bond motifs is 1. The number of rotatable bonds is 4. The van der Waals surface area contributed by atoms with Crippen LogP contribution < -0.4 is 51.4 Å². The van der Waals surface area contributed by atoms with Crippen molar-refractivity contribution in [3.8, 4) is 0 Å². The van der Waals surface area contributed by atoms with E-state index in [2.05, 4.69) is 0 Å². The SMILES string of the molecule is O=S(=O)([O-])c1cccc2c(CC(F)(F)C(F)F)cccc12.[K+]. The summed E-state index contributed by atoms with van der Waals surface area (Å²) in [6.07, 6.45) is -5.08.